The molecular formula is C39H46N4O5. The first-order valence-corrected chi connectivity index (χ1v) is 16.7. The Hall–Kier alpha value is -4.92. The van der Waals surface area contributed by atoms with Crippen LogP contribution in [0.25, 0.3) is 22.6 Å². The highest BCUT2D eigenvalue weighted by Crippen LogP contribution is 2.25. The van der Waals surface area contributed by atoms with Crippen molar-refractivity contribution < 1.29 is 24.2 Å². The number of Topliss-reactive ketones (excluding diaryl/α,β-unsaturated/α-hetero) is 1. The van der Waals surface area contributed by atoms with Crippen LogP contribution in [0.3, 0.4) is 0 Å². The van der Waals surface area contributed by atoms with Crippen molar-refractivity contribution in [2.24, 2.45) is 5.92 Å². The van der Waals surface area contributed by atoms with Crippen molar-refractivity contribution in [3.8, 4) is 28.4 Å². The lowest BCUT2D eigenvalue weighted by Gasteiger charge is -2.19. The minimum absolute atomic E-state index is 0.0507. The van der Waals surface area contributed by atoms with Crippen LogP contribution >= 0.6 is 0 Å². The summed E-state index contributed by atoms with van der Waals surface area (Å²) < 4.78 is 5.86. The molecular weight excluding hydrogens is 604 g/mol. The number of rotatable bonds is 17. The molecule has 0 bridgehead atoms. The minimum Gasteiger partial charge on any atom is -0.494 e. The van der Waals surface area contributed by atoms with Gasteiger partial charge in [0, 0.05) is 29.0 Å². The van der Waals surface area contributed by atoms with E-state index in [1.807, 2.05) is 60.7 Å². The summed E-state index contributed by atoms with van der Waals surface area (Å²) in [6.45, 7) is 8.70. The van der Waals surface area contributed by atoms with Gasteiger partial charge in [-0.3, -0.25) is 14.4 Å². The van der Waals surface area contributed by atoms with Crippen molar-refractivity contribution in [1.29, 1.82) is 0 Å². The Morgan fingerprint density at radius 3 is 2.10 bits per heavy atom. The molecule has 1 amide bonds. The summed E-state index contributed by atoms with van der Waals surface area (Å²) in [5, 5.41) is 20.2. The van der Waals surface area contributed by atoms with Crippen molar-refractivity contribution in [2.45, 2.75) is 78.1 Å². The molecule has 4 rings (SSSR count). The molecule has 1 aromatic heterocycles. The number of aliphatic carboxylic acids is 1. The minimum atomic E-state index is -1.15. The number of ether oxygens (including phenoxy) is 1. The Morgan fingerprint density at radius 1 is 0.833 bits per heavy atom. The number of nitrogens with one attached hydrogen (secondary N) is 1. The van der Waals surface area contributed by atoms with Gasteiger partial charge in [-0.1, -0.05) is 102 Å². The lowest BCUT2D eigenvalue weighted by atomic mass is 9.85. The molecule has 0 radical (unpaired) electrons. The lowest BCUT2D eigenvalue weighted by molar-refractivity contribution is -0.138. The summed E-state index contributed by atoms with van der Waals surface area (Å²) in [6, 6.07) is 22.6. The Labute approximate surface area is 283 Å². The predicted octanol–water partition coefficient (Wildman–Crippen LogP) is 7.48. The van der Waals surface area contributed by atoms with E-state index in [1.165, 1.54) is 25.7 Å². The first-order valence-electron chi connectivity index (χ1n) is 16.7. The number of hydrogen-bond donors (Lipinski definition) is 2. The van der Waals surface area contributed by atoms with Crippen LogP contribution < -0.4 is 10.1 Å². The normalized spacial score (nSPS) is 11.9. The third-order valence-electron chi connectivity index (χ3n) is 8.21. The number of ketones is 1. The van der Waals surface area contributed by atoms with Crippen molar-refractivity contribution in [3.63, 3.8) is 0 Å². The number of carbonyl (C=O) groups is 3. The number of nitrogens with zero attached hydrogens (tertiary/aromatic N) is 3. The largest absolute Gasteiger partial charge is 0.494 e. The molecule has 9 heteroatoms. The molecule has 9 nitrogen and oxygen atoms in total. The molecule has 48 heavy (non-hydrogen) atoms. The van der Waals surface area contributed by atoms with Crippen LogP contribution in [-0.4, -0.2) is 51.1 Å². The van der Waals surface area contributed by atoms with Gasteiger partial charge in [-0.2, -0.15) is 0 Å². The number of aromatic nitrogens is 3. The van der Waals surface area contributed by atoms with Crippen LogP contribution in [0.4, 0.5) is 0 Å². The molecule has 3 aromatic carbocycles. The monoisotopic (exact) mass is 650 g/mol. The van der Waals surface area contributed by atoms with Gasteiger partial charge in [-0.25, -0.2) is 4.98 Å². The molecule has 0 saturated carbocycles. The Morgan fingerprint density at radius 2 is 1.50 bits per heavy atom. The molecule has 1 atom stereocenters. The maximum absolute atomic E-state index is 13.2. The van der Waals surface area contributed by atoms with Gasteiger partial charge < -0.3 is 15.2 Å². The predicted molar refractivity (Wildman–Crippen MR) is 187 cm³/mol. The van der Waals surface area contributed by atoms with Crippen LogP contribution in [0, 0.1) is 5.92 Å². The molecule has 2 N–H and O–H groups in total. The third-order valence-corrected chi connectivity index (χ3v) is 8.21. The van der Waals surface area contributed by atoms with Gasteiger partial charge in [-0.05, 0) is 53.6 Å². The molecule has 0 spiro atoms. The highest BCUT2D eigenvalue weighted by Gasteiger charge is 2.24. The van der Waals surface area contributed by atoms with Crippen LogP contribution in [0.5, 0.6) is 5.75 Å². The van der Waals surface area contributed by atoms with E-state index in [9.17, 15) is 14.4 Å². The van der Waals surface area contributed by atoms with Gasteiger partial charge >= 0.3 is 5.97 Å². The average Bonchev–Trinajstić information content (AvgIpc) is 3.08. The summed E-state index contributed by atoms with van der Waals surface area (Å²) in [5.41, 5.74) is 4.67. The van der Waals surface area contributed by atoms with E-state index in [0.717, 1.165) is 34.4 Å². The second-order valence-electron chi connectivity index (χ2n) is 13.1. The zero-order valence-electron chi connectivity index (χ0n) is 28.4. The summed E-state index contributed by atoms with van der Waals surface area (Å²) in [4.78, 5) is 41.8. The zero-order valence-corrected chi connectivity index (χ0v) is 28.4. The van der Waals surface area contributed by atoms with Gasteiger partial charge in [0.1, 0.15) is 18.0 Å². The maximum Gasteiger partial charge on any atom is 0.322 e. The van der Waals surface area contributed by atoms with E-state index in [-0.39, 0.29) is 24.0 Å². The first-order chi connectivity index (χ1) is 23.0. The van der Waals surface area contributed by atoms with Gasteiger partial charge in [0.2, 0.25) is 5.91 Å². The molecule has 0 fully saturated rings. The number of amides is 1. The van der Waals surface area contributed by atoms with Crippen molar-refractivity contribution in [3.05, 3.63) is 95.7 Å². The molecule has 0 aliphatic heterocycles. The molecule has 0 aliphatic rings. The van der Waals surface area contributed by atoms with Crippen LogP contribution in [0.2, 0.25) is 0 Å². The van der Waals surface area contributed by atoms with Crippen LogP contribution in [-0.2, 0) is 21.4 Å². The highest BCUT2D eigenvalue weighted by atomic mass is 16.5. The number of carbonyl (C=O) groups excluding carboxylic acids is 2. The standard InChI is InChI=1S/C39H46N4O5/c1-5-6-7-8-9-22-48-33-20-16-28(17-21-33)34-25-40-37(43-42-34)30-12-10-27(11-13-30)23-31(38(47)41-26-36(45)46)24-35(44)29-14-18-32(19-15-29)39(2,3)4/h10-21,25,31H,5-9,22-24,26H2,1-4H3,(H,41,47)(H,45,46)/t31-/m1/s1. The topological polar surface area (TPSA) is 131 Å². The molecule has 1 heterocycles. The fourth-order valence-electron chi connectivity index (χ4n) is 5.29. The number of hydrogen-bond acceptors (Lipinski definition) is 7. The average molecular weight is 651 g/mol. The second kappa shape index (κ2) is 17.3. The lowest BCUT2D eigenvalue weighted by Crippen LogP contribution is -2.36. The molecule has 0 aliphatic carbocycles. The van der Waals surface area contributed by atoms with Gasteiger partial charge in [-0.15, -0.1) is 10.2 Å². The third kappa shape index (κ3) is 10.8. The summed E-state index contributed by atoms with van der Waals surface area (Å²) in [6.07, 6.45) is 7.86. The van der Waals surface area contributed by atoms with E-state index in [0.29, 0.717) is 23.7 Å². The number of carboxylic acids is 1. The number of carboxylic acid groups (broad SMARTS) is 1. The fourth-order valence-corrected chi connectivity index (χ4v) is 5.29. The van der Waals surface area contributed by atoms with E-state index in [2.05, 4.69) is 48.2 Å². The van der Waals surface area contributed by atoms with Crippen molar-refractivity contribution in [1.82, 2.24) is 20.5 Å². The number of unbranched alkanes of at least 4 members (excludes halogenated alkanes) is 4. The maximum atomic E-state index is 13.2. The smallest absolute Gasteiger partial charge is 0.322 e. The molecule has 252 valence electrons. The van der Waals surface area contributed by atoms with E-state index in [1.54, 1.807) is 18.3 Å². The quantitative estimate of drug-likeness (QED) is 0.0888. The number of benzene rings is 3. The van der Waals surface area contributed by atoms with E-state index in [4.69, 9.17) is 9.84 Å². The van der Waals surface area contributed by atoms with Gasteiger partial charge in [0.05, 0.1) is 12.8 Å². The van der Waals surface area contributed by atoms with E-state index >= 15 is 0 Å². The second-order valence-corrected chi connectivity index (χ2v) is 13.1. The van der Waals surface area contributed by atoms with Gasteiger partial charge in [0.15, 0.2) is 11.6 Å². The summed E-state index contributed by atoms with van der Waals surface area (Å²) in [7, 11) is 0. The Kier molecular flexibility index (Phi) is 12.9. The first kappa shape index (κ1) is 35.9. The highest BCUT2D eigenvalue weighted by molar-refractivity contribution is 5.99. The summed E-state index contributed by atoms with van der Waals surface area (Å²) in [5.74, 6) is -1.27. The van der Waals surface area contributed by atoms with Crippen LogP contribution in [0.1, 0.15) is 87.7 Å². The molecule has 0 saturated heterocycles. The van der Waals surface area contributed by atoms with Crippen LogP contribution in [0.15, 0.2) is 79.0 Å². The molecule has 0 unspecified atom stereocenters. The SMILES string of the molecule is CCCCCCCOc1ccc(-c2cnc(-c3ccc(C[C@H](CC(=O)c4ccc(C(C)(C)C)cc4)C(=O)NCC(=O)O)cc3)nn2)cc1. The van der Waals surface area contributed by atoms with Gasteiger partial charge in [0.25, 0.3) is 0 Å². The Balaban J connectivity index is 1.38. The van der Waals surface area contributed by atoms with E-state index < -0.39 is 24.3 Å². The van der Waals surface area contributed by atoms with Crippen molar-refractivity contribution >= 4 is 17.7 Å². The Bertz CT molecular complexity index is 1630. The fraction of sp³-hybridized carbons (Fsp3) is 0.385. The van der Waals surface area contributed by atoms with Crippen molar-refractivity contribution in [2.75, 3.05) is 13.2 Å². The summed E-state index contributed by atoms with van der Waals surface area (Å²) >= 11 is 0. The molecule has 4 aromatic rings. The zero-order chi connectivity index (χ0) is 34.5.